The molecule has 0 saturated carbocycles. The number of allylic oxidation sites excluding steroid dienone is 1. The zero-order valence-electron chi connectivity index (χ0n) is 23.5. The van der Waals surface area contributed by atoms with E-state index in [1.54, 1.807) is 0 Å². The molecule has 0 unspecified atom stereocenters. The topological polar surface area (TPSA) is 8.81 Å². The van der Waals surface area contributed by atoms with Crippen molar-refractivity contribution in [3.63, 3.8) is 0 Å². The van der Waals surface area contributed by atoms with Gasteiger partial charge in [-0.1, -0.05) is 113 Å². The molecule has 2 heteroatoms. The van der Waals surface area contributed by atoms with E-state index >= 15 is 0 Å². The number of rotatable bonds is 6. The SMILES string of the molecule is C=C1c2ccccc2-c2n(-c3c(-c4ccccc4)cc(C(C)C)cc3-c3ccccc3)cc[n+]2C1(CC)CC. The van der Waals surface area contributed by atoms with Crippen LogP contribution in [0.2, 0.25) is 0 Å². The van der Waals surface area contributed by atoms with E-state index in [0.29, 0.717) is 5.92 Å². The van der Waals surface area contributed by atoms with Gasteiger partial charge in [-0.15, -0.1) is 0 Å². The normalized spacial score (nSPS) is 13.8. The molecule has 0 aliphatic carbocycles. The number of hydrogen-bond acceptors (Lipinski definition) is 0. The fraction of sp³-hybridized carbons (Fsp3) is 0.216. The Bertz CT molecular complexity index is 1590. The molecule has 1 aliphatic heterocycles. The first-order valence-corrected chi connectivity index (χ1v) is 14.2. The molecule has 2 heterocycles. The second kappa shape index (κ2) is 9.85. The van der Waals surface area contributed by atoms with Crippen molar-refractivity contribution < 1.29 is 4.57 Å². The minimum atomic E-state index is -0.160. The van der Waals surface area contributed by atoms with Crippen LogP contribution < -0.4 is 4.57 Å². The first-order chi connectivity index (χ1) is 19.0. The molecule has 1 aliphatic rings. The van der Waals surface area contributed by atoms with E-state index in [-0.39, 0.29) is 5.54 Å². The minimum absolute atomic E-state index is 0.160. The highest BCUT2D eigenvalue weighted by atomic mass is 15.2. The van der Waals surface area contributed by atoms with Crippen LogP contribution in [-0.4, -0.2) is 4.57 Å². The molecule has 0 atom stereocenters. The molecule has 2 nitrogen and oxygen atoms in total. The monoisotopic (exact) mass is 509 g/mol. The Morgan fingerprint density at radius 3 is 1.74 bits per heavy atom. The van der Waals surface area contributed by atoms with Crippen molar-refractivity contribution in [2.24, 2.45) is 0 Å². The lowest BCUT2D eigenvalue weighted by Crippen LogP contribution is -2.58. The van der Waals surface area contributed by atoms with Gasteiger partial charge >= 0.3 is 0 Å². The van der Waals surface area contributed by atoms with Crippen LogP contribution in [0.4, 0.5) is 0 Å². The van der Waals surface area contributed by atoms with E-state index in [4.69, 9.17) is 0 Å². The Labute approximate surface area is 232 Å². The van der Waals surface area contributed by atoms with E-state index in [1.807, 2.05) is 0 Å². The van der Waals surface area contributed by atoms with Gasteiger partial charge in [0.1, 0.15) is 23.6 Å². The number of nitrogens with zero attached hydrogens (tertiary/aromatic N) is 2. The van der Waals surface area contributed by atoms with Crippen LogP contribution in [0.3, 0.4) is 0 Å². The lowest BCUT2D eigenvalue weighted by molar-refractivity contribution is -0.740. The van der Waals surface area contributed by atoms with Gasteiger partial charge in [-0.2, -0.15) is 4.57 Å². The highest BCUT2D eigenvalue weighted by Crippen LogP contribution is 2.46. The van der Waals surface area contributed by atoms with Crippen LogP contribution in [0.25, 0.3) is 44.9 Å². The van der Waals surface area contributed by atoms with Crippen molar-refractivity contribution in [3.8, 4) is 39.3 Å². The average Bonchev–Trinajstić information content (AvgIpc) is 3.43. The molecule has 0 fully saturated rings. The van der Waals surface area contributed by atoms with Crippen molar-refractivity contribution in [2.75, 3.05) is 0 Å². The fourth-order valence-electron chi connectivity index (χ4n) is 6.46. The second-order valence-corrected chi connectivity index (χ2v) is 11.0. The number of aromatic nitrogens is 2. The maximum absolute atomic E-state index is 4.66. The van der Waals surface area contributed by atoms with Gasteiger partial charge < -0.3 is 0 Å². The Balaban J connectivity index is 1.76. The van der Waals surface area contributed by atoms with Crippen molar-refractivity contribution >= 4 is 5.57 Å². The molecule has 0 spiro atoms. The van der Waals surface area contributed by atoms with E-state index in [1.165, 1.54) is 56.0 Å². The van der Waals surface area contributed by atoms with Gasteiger partial charge in [0.25, 0.3) is 5.82 Å². The predicted octanol–water partition coefficient (Wildman–Crippen LogP) is 9.43. The van der Waals surface area contributed by atoms with E-state index in [2.05, 4.69) is 153 Å². The summed E-state index contributed by atoms with van der Waals surface area (Å²) in [5, 5.41) is 0. The molecule has 1 aromatic heterocycles. The van der Waals surface area contributed by atoms with Gasteiger partial charge in [-0.25, -0.2) is 4.57 Å². The van der Waals surface area contributed by atoms with Gasteiger partial charge in [-0.05, 0) is 59.2 Å². The van der Waals surface area contributed by atoms with Crippen molar-refractivity contribution in [1.82, 2.24) is 4.57 Å². The molecular formula is C37H37N2+. The van der Waals surface area contributed by atoms with Gasteiger partial charge in [0.15, 0.2) is 0 Å². The summed E-state index contributed by atoms with van der Waals surface area (Å²) in [6.45, 7) is 13.8. The van der Waals surface area contributed by atoms with Crippen LogP contribution in [-0.2, 0) is 5.54 Å². The molecule has 4 aromatic carbocycles. The van der Waals surface area contributed by atoms with Gasteiger partial charge in [0, 0.05) is 16.7 Å². The van der Waals surface area contributed by atoms with E-state index < -0.39 is 0 Å². The third kappa shape index (κ3) is 3.89. The van der Waals surface area contributed by atoms with E-state index in [0.717, 1.165) is 12.8 Å². The summed E-state index contributed by atoms with van der Waals surface area (Å²) in [5.74, 6) is 1.63. The molecular weight excluding hydrogens is 472 g/mol. The highest BCUT2D eigenvalue weighted by Gasteiger charge is 2.46. The molecule has 6 rings (SSSR count). The molecule has 39 heavy (non-hydrogen) atoms. The third-order valence-electron chi connectivity index (χ3n) is 8.72. The number of benzene rings is 4. The third-order valence-corrected chi connectivity index (χ3v) is 8.72. The molecule has 5 aromatic rings. The number of imidazole rings is 1. The molecule has 0 radical (unpaired) electrons. The standard InChI is InChI=1S/C37H37N2/c1-6-37(7-2)27(5)31-20-14-15-21-32(31)36-38(22-23-39(36)37)35-33(28-16-10-8-11-17-28)24-30(26(3)4)25-34(35)29-18-12-9-13-19-29/h8-26H,5-7H2,1-4H3/q+1. The van der Waals surface area contributed by atoms with Gasteiger partial charge in [0.2, 0.25) is 0 Å². The summed E-state index contributed by atoms with van der Waals surface area (Å²) < 4.78 is 4.94. The Kier molecular flexibility index (Phi) is 6.35. The summed E-state index contributed by atoms with van der Waals surface area (Å²) in [7, 11) is 0. The Morgan fingerprint density at radius 1 is 0.718 bits per heavy atom. The van der Waals surface area contributed by atoms with Gasteiger partial charge in [-0.3, -0.25) is 0 Å². The largest absolute Gasteiger partial charge is 0.295 e. The van der Waals surface area contributed by atoms with E-state index in [9.17, 15) is 0 Å². The average molecular weight is 510 g/mol. The van der Waals surface area contributed by atoms with Crippen LogP contribution in [0.15, 0.2) is 116 Å². The molecule has 0 N–H and O–H groups in total. The summed E-state index contributed by atoms with van der Waals surface area (Å²) in [6.07, 6.45) is 6.53. The van der Waals surface area contributed by atoms with Crippen molar-refractivity contribution in [3.05, 3.63) is 127 Å². The number of hydrogen-bond donors (Lipinski definition) is 0. The maximum atomic E-state index is 4.66. The Morgan fingerprint density at radius 2 is 1.23 bits per heavy atom. The zero-order chi connectivity index (χ0) is 27.1. The smallest absolute Gasteiger partial charge is 0.220 e. The second-order valence-electron chi connectivity index (χ2n) is 11.0. The van der Waals surface area contributed by atoms with Gasteiger partial charge in [0.05, 0.1) is 5.56 Å². The summed E-state index contributed by atoms with van der Waals surface area (Å²) >= 11 is 0. The van der Waals surface area contributed by atoms with Crippen LogP contribution in [0, 0.1) is 0 Å². The summed E-state index contributed by atoms with van der Waals surface area (Å²) in [6, 6.07) is 35.3. The first kappa shape index (κ1) is 25.1. The summed E-state index contributed by atoms with van der Waals surface area (Å²) in [4.78, 5) is 0. The highest BCUT2D eigenvalue weighted by molar-refractivity contribution is 5.89. The fourth-order valence-corrected chi connectivity index (χ4v) is 6.46. The summed E-state index contributed by atoms with van der Waals surface area (Å²) in [5.41, 5.74) is 11.0. The molecule has 0 bridgehead atoms. The Hall–Kier alpha value is -4.17. The molecule has 0 saturated heterocycles. The lowest BCUT2D eigenvalue weighted by atomic mass is 9.77. The van der Waals surface area contributed by atoms with Crippen molar-refractivity contribution in [2.45, 2.75) is 52.0 Å². The maximum Gasteiger partial charge on any atom is 0.295 e. The van der Waals surface area contributed by atoms with Crippen molar-refractivity contribution in [1.29, 1.82) is 0 Å². The van der Waals surface area contributed by atoms with Crippen LogP contribution >= 0.6 is 0 Å². The first-order valence-electron chi connectivity index (χ1n) is 14.2. The predicted molar refractivity (Wildman–Crippen MR) is 164 cm³/mol. The quantitative estimate of drug-likeness (QED) is 0.202. The molecule has 0 amide bonds. The molecule has 194 valence electrons. The lowest BCUT2D eigenvalue weighted by Gasteiger charge is -2.36. The number of fused-ring (bicyclic) bond motifs is 3. The van der Waals surface area contributed by atoms with Crippen LogP contribution in [0.1, 0.15) is 57.6 Å². The van der Waals surface area contributed by atoms with Crippen LogP contribution in [0.5, 0.6) is 0 Å². The zero-order valence-corrected chi connectivity index (χ0v) is 23.5. The minimum Gasteiger partial charge on any atom is -0.220 e.